The van der Waals surface area contributed by atoms with Crippen molar-refractivity contribution >= 4 is 15.7 Å². The fourth-order valence-corrected chi connectivity index (χ4v) is 2.46. The minimum atomic E-state index is -3.87. The summed E-state index contributed by atoms with van der Waals surface area (Å²) in [6.45, 7) is 0. The van der Waals surface area contributed by atoms with Crippen LogP contribution in [0.4, 0.5) is 10.1 Å². The lowest BCUT2D eigenvalue weighted by molar-refractivity contribution is 0.599. The van der Waals surface area contributed by atoms with Crippen LogP contribution in [-0.2, 0) is 10.0 Å². The molecule has 1 heterocycles. The average molecular weight is 277 g/mol. The first-order chi connectivity index (χ1) is 9.03. The van der Waals surface area contributed by atoms with Gasteiger partial charge in [-0.15, -0.1) is 0 Å². The molecule has 7 heteroatoms. The molecule has 2 rings (SSSR count). The van der Waals surface area contributed by atoms with Crippen molar-refractivity contribution in [1.29, 1.82) is 5.26 Å². The predicted octanol–water partition coefficient (Wildman–Crippen LogP) is 1.89. The zero-order chi connectivity index (χ0) is 13.9. The maximum atomic E-state index is 13.1. The molecule has 0 radical (unpaired) electrons. The van der Waals surface area contributed by atoms with Crippen molar-refractivity contribution in [2.45, 2.75) is 4.90 Å². The van der Waals surface area contributed by atoms with Crippen molar-refractivity contribution in [3.8, 4) is 6.07 Å². The Balaban J connectivity index is 2.38. The molecule has 0 spiro atoms. The largest absolute Gasteiger partial charge is 0.278 e. The van der Waals surface area contributed by atoms with Gasteiger partial charge in [-0.3, -0.25) is 9.71 Å². The van der Waals surface area contributed by atoms with E-state index in [1.165, 1.54) is 18.5 Å². The van der Waals surface area contributed by atoms with Crippen LogP contribution in [-0.4, -0.2) is 13.4 Å². The molecule has 0 saturated carbocycles. The topological polar surface area (TPSA) is 82.8 Å². The second-order valence-corrected chi connectivity index (χ2v) is 5.28. The van der Waals surface area contributed by atoms with Gasteiger partial charge in [0.15, 0.2) is 0 Å². The van der Waals surface area contributed by atoms with Crippen LogP contribution in [0, 0.1) is 17.1 Å². The summed E-state index contributed by atoms with van der Waals surface area (Å²) < 4.78 is 39.4. The van der Waals surface area contributed by atoms with Gasteiger partial charge in [0, 0.05) is 6.20 Å². The van der Waals surface area contributed by atoms with Gasteiger partial charge >= 0.3 is 0 Å². The lowest BCUT2D eigenvalue weighted by atomic mass is 10.2. The van der Waals surface area contributed by atoms with Crippen molar-refractivity contribution in [2.75, 3.05) is 4.72 Å². The van der Waals surface area contributed by atoms with Gasteiger partial charge < -0.3 is 0 Å². The summed E-state index contributed by atoms with van der Waals surface area (Å²) in [6.07, 6.45) is 2.84. The molecule has 1 N–H and O–H groups in total. The molecular formula is C12H8FN3O2S. The summed E-state index contributed by atoms with van der Waals surface area (Å²) in [7, 11) is -3.87. The van der Waals surface area contributed by atoms with E-state index in [2.05, 4.69) is 9.71 Å². The van der Waals surface area contributed by atoms with Gasteiger partial charge in [0.2, 0.25) is 0 Å². The molecular weight excluding hydrogens is 269 g/mol. The molecule has 0 fully saturated rings. The number of pyridine rings is 1. The fraction of sp³-hybridized carbons (Fsp3) is 0. The predicted molar refractivity (Wildman–Crippen MR) is 66.2 cm³/mol. The third-order valence-corrected chi connectivity index (χ3v) is 3.66. The van der Waals surface area contributed by atoms with Crippen molar-refractivity contribution in [3.05, 3.63) is 54.1 Å². The van der Waals surface area contributed by atoms with E-state index in [9.17, 15) is 12.8 Å². The summed E-state index contributed by atoms with van der Waals surface area (Å²) in [5, 5.41) is 8.68. The minimum absolute atomic E-state index is 0.186. The molecule has 1 aromatic heterocycles. The minimum Gasteiger partial charge on any atom is -0.278 e. The molecule has 0 atom stereocenters. The van der Waals surface area contributed by atoms with Crippen molar-refractivity contribution in [2.24, 2.45) is 0 Å². The molecule has 0 aliphatic carbocycles. The monoisotopic (exact) mass is 277 g/mol. The second-order valence-electron chi connectivity index (χ2n) is 3.60. The lowest BCUT2D eigenvalue weighted by Gasteiger charge is -2.07. The van der Waals surface area contributed by atoms with Crippen LogP contribution < -0.4 is 4.72 Å². The van der Waals surface area contributed by atoms with E-state index >= 15 is 0 Å². The molecule has 96 valence electrons. The summed E-state index contributed by atoms with van der Waals surface area (Å²) in [4.78, 5) is 3.59. The number of nitrogens with one attached hydrogen (secondary N) is 1. The van der Waals surface area contributed by atoms with Crippen LogP contribution in [0.1, 0.15) is 5.56 Å². The van der Waals surface area contributed by atoms with Crippen LogP contribution in [0.5, 0.6) is 0 Å². The maximum Gasteiger partial charge on any atom is 0.261 e. The van der Waals surface area contributed by atoms with E-state index < -0.39 is 15.8 Å². The molecule has 5 nitrogen and oxygen atoms in total. The fourth-order valence-electron chi connectivity index (χ4n) is 1.39. The Hall–Kier alpha value is -2.46. The zero-order valence-electron chi connectivity index (χ0n) is 9.54. The molecule has 19 heavy (non-hydrogen) atoms. The van der Waals surface area contributed by atoms with Gasteiger partial charge in [-0.25, -0.2) is 12.8 Å². The summed E-state index contributed by atoms with van der Waals surface area (Å²) in [6, 6.07) is 7.70. The number of sulfonamides is 1. The van der Waals surface area contributed by atoms with Crippen LogP contribution in [0.2, 0.25) is 0 Å². The highest BCUT2D eigenvalue weighted by molar-refractivity contribution is 7.92. The number of hydrogen-bond donors (Lipinski definition) is 1. The normalized spacial score (nSPS) is 10.7. The summed E-state index contributed by atoms with van der Waals surface area (Å²) in [5.74, 6) is -0.761. The lowest BCUT2D eigenvalue weighted by Crippen LogP contribution is -2.13. The molecule has 0 aliphatic rings. The molecule has 0 bridgehead atoms. The molecule has 2 aromatic rings. The van der Waals surface area contributed by atoms with E-state index in [0.29, 0.717) is 0 Å². The maximum absolute atomic E-state index is 13.1. The van der Waals surface area contributed by atoms with Gasteiger partial charge in [-0.2, -0.15) is 5.26 Å². The smallest absolute Gasteiger partial charge is 0.261 e. The van der Waals surface area contributed by atoms with Crippen LogP contribution >= 0.6 is 0 Å². The number of rotatable bonds is 3. The van der Waals surface area contributed by atoms with E-state index in [1.54, 1.807) is 12.1 Å². The van der Waals surface area contributed by atoms with Crippen LogP contribution in [0.25, 0.3) is 0 Å². The molecule has 0 saturated heterocycles. The Morgan fingerprint density at radius 1 is 1.32 bits per heavy atom. The zero-order valence-corrected chi connectivity index (χ0v) is 10.4. The van der Waals surface area contributed by atoms with E-state index in [0.717, 1.165) is 18.2 Å². The van der Waals surface area contributed by atoms with Gasteiger partial charge in [0.25, 0.3) is 10.0 Å². The number of hydrogen-bond acceptors (Lipinski definition) is 4. The van der Waals surface area contributed by atoms with E-state index in [4.69, 9.17) is 5.26 Å². The number of aromatic nitrogens is 1. The number of nitrogens with zero attached hydrogens (tertiary/aromatic N) is 2. The molecule has 0 aliphatic heterocycles. The highest BCUT2D eigenvalue weighted by Gasteiger charge is 2.16. The van der Waals surface area contributed by atoms with Crippen molar-refractivity contribution in [1.82, 2.24) is 4.98 Å². The van der Waals surface area contributed by atoms with Gasteiger partial charge in [-0.05, 0) is 30.3 Å². The molecule has 0 amide bonds. The third kappa shape index (κ3) is 2.86. The number of nitriles is 1. The van der Waals surface area contributed by atoms with E-state index in [-0.39, 0.29) is 16.1 Å². The summed E-state index contributed by atoms with van der Waals surface area (Å²) >= 11 is 0. The highest BCUT2D eigenvalue weighted by atomic mass is 32.2. The SMILES string of the molecule is N#Cc1cc(S(=O)(=O)Nc2cccnc2)ccc1F. The van der Waals surface area contributed by atoms with Crippen LogP contribution in [0.15, 0.2) is 47.6 Å². The van der Waals surface area contributed by atoms with Gasteiger partial charge in [0.05, 0.1) is 22.3 Å². The Morgan fingerprint density at radius 3 is 2.74 bits per heavy atom. The Kier molecular flexibility index (Phi) is 3.44. The Bertz CT molecular complexity index is 739. The first-order valence-electron chi connectivity index (χ1n) is 5.15. The quantitative estimate of drug-likeness (QED) is 0.928. The highest BCUT2D eigenvalue weighted by Crippen LogP contribution is 2.17. The second kappa shape index (κ2) is 5.04. The number of halogens is 1. The standard InChI is InChI=1S/C12H8FN3O2S/c13-12-4-3-11(6-9(12)7-14)19(17,18)16-10-2-1-5-15-8-10/h1-6,8,16H. The summed E-state index contributed by atoms with van der Waals surface area (Å²) in [5.41, 5.74) is -0.0422. The van der Waals surface area contributed by atoms with Gasteiger partial charge in [0.1, 0.15) is 11.9 Å². The van der Waals surface area contributed by atoms with Gasteiger partial charge in [-0.1, -0.05) is 0 Å². The Labute approximate surface area is 109 Å². The molecule has 0 unspecified atom stereocenters. The van der Waals surface area contributed by atoms with E-state index in [1.807, 2.05) is 0 Å². The molecule has 1 aromatic carbocycles. The average Bonchev–Trinajstić information content (AvgIpc) is 2.39. The third-order valence-electron chi connectivity index (χ3n) is 2.28. The van der Waals surface area contributed by atoms with Crippen molar-refractivity contribution < 1.29 is 12.8 Å². The van der Waals surface area contributed by atoms with Crippen molar-refractivity contribution in [3.63, 3.8) is 0 Å². The Morgan fingerprint density at radius 2 is 2.11 bits per heavy atom. The first kappa shape index (κ1) is 13.0. The number of anilines is 1. The van der Waals surface area contributed by atoms with Crippen LogP contribution in [0.3, 0.4) is 0 Å². The first-order valence-corrected chi connectivity index (χ1v) is 6.64. The number of benzene rings is 1.